The predicted octanol–water partition coefficient (Wildman–Crippen LogP) is 1.53. The van der Waals surface area contributed by atoms with Crippen LogP contribution in [0.15, 0.2) is 22.9 Å². The zero-order valence-electron chi connectivity index (χ0n) is 6.38. The Morgan fingerprint density at radius 1 is 1.73 bits per heavy atom. The van der Waals surface area contributed by atoms with Gasteiger partial charge in [-0.15, -0.1) is 0 Å². The maximum Gasteiger partial charge on any atom is 0.146 e. The number of carbonyl (C=O) groups excluding carboxylic acids is 1. The van der Waals surface area contributed by atoms with E-state index in [-0.39, 0.29) is 0 Å². The minimum atomic E-state index is 0.565. The Morgan fingerprint density at radius 3 is 3.09 bits per heavy atom. The summed E-state index contributed by atoms with van der Waals surface area (Å²) in [7, 11) is 1.92. The van der Waals surface area contributed by atoms with Crippen LogP contribution < -0.4 is 0 Å². The Kier molecular flexibility index (Phi) is 2.71. The Morgan fingerprint density at radius 2 is 2.45 bits per heavy atom. The number of halogens is 1. The minimum absolute atomic E-state index is 0.565. The molecule has 0 radical (unpaired) electrons. The summed E-state index contributed by atoms with van der Waals surface area (Å²) in [5, 5.41) is 0.711. The second kappa shape index (κ2) is 3.58. The molecule has 0 aliphatic carbocycles. The van der Waals surface area contributed by atoms with E-state index in [2.05, 4.69) is 0 Å². The first-order chi connectivity index (χ1) is 5.22. The van der Waals surface area contributed by atoms with Gasteiger partial charge in [0.2, 0.25) is 0 Å². The molecular formula is C8H10ClNO. The van der Waals surface area contributed by atoms with Crippen LogP contribution in [-0.2, 0) is 4.79 Å². The van der Waals surface area contributed by atoms with E-state index in [0.717, 1.165) is 18.4 Å². The highest BCUT2D eigenvalue weighted by molar-refractivity contribution is 6.29. The maximum atomic E-state index is 10.4. The zero-order valence-corrected chi connectivity index (χ0v) is 7.14. The number of hydrogen-bond acceptors (Lipinski definition) is 2. The molecule has 1 rings (SSSR count). The molecule has 60 valence electrons. The van der Waals surface area contributed by atoms with Gasteiger partial charge in [-0.25, -0.2) is 0 Å². The van der Waals surface area contributed by atoms with Gasteiger partial charge < -0.3 is 4.90 Å². The lowest BCUT2D eigenvalue weighted by Crippen LogP contribution is -2.09. The number of rotatable bonds is 1. The van der Waals surface area contributed by atoms with Gasteiger partial charge in [0.05, 0.1) is 0 Å². The molecule has 1 aliphatic heterocycles. The third-order valence-corrected chi connectivity index (χ3v) is 1.76. The normalized spacial score (nSPS) is 18.5. The summed E-state index contributed by atoms with van der Waals surface area (Å²) in [6, 6.07) is 0. The molecule has 11 heavy (non-hydrogen) atoms. The molecular weight excluding hydrogens is 162 g/mol. The summed E-state index contributed by atoms with van der Waals surface area (Å²) in [5.74, 6) is 0. The SMILES string of the molecule is CN1C=C(Cl)CC(C=O)=CC1. The second-order valence-corrected chi connectivity index (χ2v) is 3.07. The summed E-state index contributed by atoms with van der Waals surface area (Å²) < 4.78 is 0. The molecule has 0 saturated heterocycles. The number of allylic oxidation sites excluding steroid dienone is 2. The highest BCUT2D eigenvalue weighted by Crippen LogP contribution is 2.16. The molecule has 0 spiro atoms. The third kappa shape index (κ3) is 2.39. The highest BCUT2D eigenvalue weighted by Gasteiger charge is 2.04. The molecule has 0 aromatic rings. The lowest BCUT2D eigenvalue weighted by molar-refractivity contribution is -0.105. The van der Waals surface area contributed by atoms with Gasteiger partial charge in [0.1, 0.15) is 6.29 Å². The van der Waals surface area contributed by atoms with Crippen molar-refractivity contribution >= 4 is 17.9 Å². The Hall–Kier alpha value is -0.760. The van der Waals surface area contributed by atoms with Crippen molar-refractivity contribution < 1.29 is 4.79 Å². The van der Waals surface area contributed by atoms with E-state index < -0.39 is 0 Å². The number of likely N-dealkylation sites (N-methyl/N-ethyl adjacent to an activating group) is 1. The first kappa shape index (κ1) is 8.34. The van der Waals surface area contributed by atoms with Crippen LogP contribution in [0.25, 0.3) is 0 Å². The van der Waals surface area contributed by atoms with E-state index in [9.17, 15) is 4.79 Å². The van der Waals surface area contributed by atoms with Crippen LogP contribution in [0.2, 0.25) is 0 Å². The standard InChI is InChI=1S/C8H10ClNO/c1-10-3-2-7(6-11)4-8(9)5-10/h2,5-6H,3-4H2,1H3. The smallest absolute Gasteiger partial charge is 0.146 e. The fraction of sp³-hybridized carbons (Fsp3) is 0.375. The maximum absolute atomic E-state index is 10.4. The third-order valence-electron chi connectivity index (χ3n) is 1.53. The summed E-state index contributed by atoms with van der Waals surface area (Å²) in [6.45, 7) is 0.754. The second-order valence-electron chi connectivity index (χ2n) is 2.59. The van der Waals surface area contributed by atoms with Crippen LogP contribution >= 0.6 is 11.6 Å². The van der Waals surface area contributed by atoms with Crippen molar-refractivity contribution in [3.63, 3.8) is 0 Å². The fourth-order valence-corrected chi connectivity index (χ4v) is 1.28. The molecule has 0 amide bonds. The van der Waals surface area contributed by atoms with E-state index in [0.29, 0.717) is 11.5 Å². The van der Waals surface area contributed by atoms with E-state index >= 15 is 0 Å². The van der Waals surface area contributed by atoms with Gasteiger partial charge in [-0.1, -0.05) is 17.7 Å². The van der Waals surface area contributed by atoms with Crippen LogP contribution in [0.5, 0.6) is 0 Å². The molecule has 0 atom stereocenters. The lowest BCUT2D eigenvalue weighted by atomic mass is 10.2. The molecule has 0 bridgehead atoms. The zero-order chi connectivity index (χ0) is 8.27. The molecule has 0 saturated carbocycles. The van der Waals surface area contributed by atoms with Gasteiger partial charge in [-0.2, -0.15) is 0 Å². The van der Waals surface area contributed by atoms with Crippen LogP contribution in [0.4, 0.5) is 0 Å². The lowest BCUT2D eigenvalue weighted by Gasteiger charge is -2.08. The first-order valence-electron chi connectivity index (χ1n) is 3.43. The van der Waals surface area contributed by atoms with Crippen molar-refractivity contribution in [2.75, 3.05) is 13.6 Å². The monoisotopic (exact) mass is 171 g/mol. The van der Waals surface area contributed by atoms with Crippen LogP contribution in [-0.4, -0.2) is 24.8 Å². The van der Waals surface area contributed by atoms with E-state index in [4.69, 9.17) is 11.6 Å². The van der Waals surface area contributed by atoms with Crippen molar-refractivity contribution in [3.05, 3.63) is 22.9 Å². The van der Waals surface area contributed by atoms with Crippen LogP contribution in [0.1, 0.15) is 6.42 Å². The van der Waals surface area contributed by atoms with E-state index in [1.165, 1.54) is 0 Å². The van der Waals surface area contributed by atoms with Gasteiger partial charge in [0, 0.05) is 31.2 Å². The first-order valence-corrected chi connectivity index (χ1v) is 3.81. The number of aldehydes is 1. The molecule has 0 fully saturated rings. The minimum Gasteiger partial charge on any atom is -0.376 e. The van der Waals surface area contributed by atoms with Gasteiger partial charge in [-0.3, -0.25) is 4.79 Å². The molecule has 0 unspecified atom stereocenters. The quantitative estimate of drug-likeness (QED) is 0.558. The molecule has 1 heterocycles. The van der Waals surface area contributed by atoms with Crippen molar-refractivity contribution in [2.24, 2.45) is 0 Å². The Bertz CT molecular complexity index is 220. The fourth-order valence-electron chi connectivity index (χ4n) is 0.956. The Labute approximate surface area is 71.1 Å². The molecule has 0 N–H and O–H groups in total. The van der Waals surface area contributed by atoms with Crippen molar-refractivity contribution in [3.8, 4) is 0 Å². The molecule has 2 nitrogen and oxygen atoms in total. The average Bonchev–Trinajstić information content (AvgIpc) is 2.11. The van der Waals surface area contributed by atoms with Crippen molar-refractivity contribution in [1.82, 2.24) is 4.90 Å². The molecule has 0 aromatic carbocycles. The van der Waals surface area contributed by atoms with Gasteiger partial charge >= 0.3 is 0 Å². The van der Waals surface area contributed by atoms with E-state index in [1.54, 1.807) is 0 Å². The largest absolute Gasteiger partial charge is 0.376 e. The van der Waals surface area contributed by atoms with Crippen LogP contribution in [0.3, 0.4) is 0 Å². The highest BCUT2D eigenvalue weighted by atomic mass is 35.5. The van der Waals surface area contributed by atoms with Crippen molar-refractivity contribution in [2.45, 2.75) is 6.42 Å². The summed E-state index contributed by atoms with van der Waals surface area (Å²) in [6.07, 6.45) is 5.15. The number of carbonyl (C=O) groups is 1. The summed E-state index contributed by atoms with van der Waals surface area (Å²) in [5.41, 5.74) is 0.760. The van der Waals surface area contributed by atoms with E-state index in [1.807, 2.05) is 24.2 Å². The molecule has 3 heteroatoms. The predicted molar refractivity (Wildman–Crippen MR) is 45.3 cm³/mol. The number of hydrogen-bond donors (Lipinski definition) is 0. The van der Waals surface area contributed by atoms with Crippen LogP contribution in [0, 0.1) is 0 Å². The van der Waals surface area contributed by atoms with Gasteiger partial charge in [-0.05, 0) is 5.57 Å². The summed E-state index contributed by atoms with van der Waals surface area (Å²) >= 11 is 5.81. The number of nitrogens with zero attached hydrogens (tertiary/aromatic N) is 1. The summed E-state index contributed by atoms with van der Waals surface area (Å²) in [4.78, 5) is 12.3. The average molecular weight is 172 g/mol. The molecule has 0 aromatic heterocycles. The topological polar surface area (TPSA) is 20.3 Å². The van der Waals surface area contributed by atoms with Gasteiger partial charge in [0.25, 0.3) is 0 Å². The van der Waals surface area contributed by atoms with Gasteiger partial charge in [0.15, 0.2) is 0 Å². The Balaban J connectivity index is 2.76. The van der Waals surface area contributed by atoms with Crippen molar-refractivity contribution in [1.29, 1.82) is 0 Å². The molecule has 1 aliphatic rings.